The zero-order valence-electron chi connectivity index (χ0n) is 13.8. The summed E-state index contributed by atoms with van der Waals surface area (Å²) in [5.74, 6) is 0.368. The maximum atomic E-state index is 12.7. The van der Waals surface area contributed by atoms with E-state index in [1.165, 1.54) is 0 Å². The number of aryl methyl sites for hydroxylation is 1. The molecule has 2 N–H and O–H groups in total. The van der Waals surface area contributed by atoms with E-state index in [0.717, 1.165) is 16.9 Å². The Balaban J connectivity index is 1.71. The molecule has 4 amide bonds. The quantitative estimate of drug-likeness (QED) is 0.800. The van der Waals surface area contributed by atoms with Crippen molar-refractivity contribution < 1.29 is 19.1 Å². The molecule has 1 spiro atoms. The second kappa shape index (κ2) is 6.14. The van der Waals surface area contributed by atoms with Gasteiger partial charge in [-0.05, 0) is 43.0 Å². The molecule has 7 heteroatoms. The van der Waals surface area contributed by atoms with E-state index in [-0.39, 0.29) is 24.8 Å². The van der Waals surface area contributed by atoms with Crippen LogP contribution in [-0.4, -0.2) is 48.5 Å². The Labute approximate surface area is 140 Å². The minimum absolute atomic E-state index is 0.0451. The molecule has 1 aromatic rings. The summed E-state index contributed by atoms with van der Waals surface area (Å²) in [5.41, 5.74) is 0.946. The van der Waals surface area contributed by atoms with Gasteiger partial charge in [0, 0.05) is 6.54 Å². The number of benzene rings is 1. The number of carbonyl (C=O) groups is 3. The van der Waals surface area contributed by atoms with Crippen LogP contribution < -0.4 is 15.4 Å². The van der Waals surface area contributed by atoms with Crippen LogP contribution in [0.15, 0.2) is 18.2 Å². The highest BCUT2D eigenvalue weighted by Crippen LogP contribution is 2.25. The summed E-state index contributed by atoms with van der Waals surface area (Å²) in [6.45, 7) is 2.75. The third-order valence-electron chi connectivity index (χ3n) is 4.75. The number of likely N-dealkylation sites (tertiary alicyclic amines) is 1. The third kappa shape index (κ3) is 2.93. The lowest BCUT2D eigenvalue weighted by molar-refractivity contribution is -0.135. The van der Waals surface area contributed by atoms with E-state index in [2.05, 4.69) is 10.6 Å². The average Bonchev–Trinajstić information content (AvgIpc) is 2.82. The van der Waals surface area contributed by atoms with Gasteiger partial charge < -0.3 is 15.0 Å². The fraction of sp³-hybridized carbons (Fsp3) is 0.471. The fourth-order valence-electron chi connectivity index (χ4n) is 3.35. The number of rotatable bonds is 3. The molecular formula is C17H21N3O4. The second-order valence-corrected chi connectivity index (χ2v) is 6.38. The third-order valence-corrected chi connectivity index (χ3v) is 4.75. The molecule has 2 saturated heterocycles. The topological polar surface area (TPSA) is 87.7 Å². The molecule has 0 aliphatic carbocycles. The molecule has 0 radical (unpaired) electrons. The van der Waals surface area contributed by atoms with Crippen LogP contribution >= 0.6 is 0 Å². The number of piperidine rings is 1. The summed E-state index contributed by atoms with van der Waals surface area (Å²) in [5, 5.41) is 4.95. The van der Waals surface area contributed by atoms with Crippen molar-refractivity contribution >= 4 is 17.8 Å². The summed E-state index contributed by atoms with van der Waals surface area (Å²) in [6.07, 6.45) is 1.50. The van der Waals surface area contributed by atoms with E-state index < -0.39 is 11.6 Å². The number of hydrogen-bond acceptors (Lipinski definition) is 4. The number of hydrogen-bond donors (Lipinski definition) is 2. The van der Waals surface area contributed by atoms with Gasteiger partial charge >= 0.3 is 6.03 Å². The second-order valence-electron chi connectivity index (χ2n) is 6.38. The Morgan fingerprint density at radius 3 is 2.79 bits per heavy atom. The number of ether oxygens (including phenoxy) is 1. The van der Waals surface area contributed by atoms with Crippen molar-refractivity contribution in [1.82, 2.24) is 15.5 Å². The molecule has 7 nitrogen and oxygen atoms in total. The van der Waals surface area contributed by atoms with Crippen LogP contribution in [-0.2, 0) is 16.0 Å². The molecular weight excluding hydrogens is 310 g/mol. The van der Waals surface area contributed by atoms with Crippen molar-refractivity contribution in [2.45, 2.75) is 31.7 Å². The van der Waals surface area contributed by atoms with Gasteiger partial charge in [0.25, 0.3) is 5.91 Å². The lowest BCUT2D eigenvalue weighted by Gasteiger charge is -2.38. The molecule has 1 aromatic carbocycles. The van der Waals surface area contributed by atoms with Gasteiger partial charge in [-0.15, -0.1) is 0 Å². The van der Waals surface area contributed by atoms with E-state index in [9.17, 15) is 14.4 Å². The Hall–Kier alpha value is -2.57. The van der Waals surface area contributed by atoms with Crippen molar-refractivity contribution in [3.63, 3.8) is 0 Å². The largest absolute Gasteiger partial charge is 0.497 e. The zero-order chi connectivity index (χ0) is 17.3. The first-order valence-electron chi connectivity index (χ1n) is 7.98. The van der Waals surface area contributed by atoms with Gasteiger partial charge in [0.1, 0.15) is 11.3 Å². The van der Waals surface area contributed by atoms with E-state index >= 15 is 0 Å². The number of amides is 4. The first-order chi connectivity index (χ1) is 11.4. The van der Waals surface area contributed by atoms with Crippen LogP contribution in [0, 0.1) is 6.92 Å². The van der Waals surface area contributed by atoms with Crippen LogP contribution in [0.3, 0.4) is 0 Å². The van der Waals surface area contributed by atoms with E-state index in [1.807, 2.05) is 25.1 Å². The monoisotopic (exact) mass is 331 g/mol. The van der Waals surface area contributed by atoms with E-state index in [0.29, 0.717) is 19.4 Å². The Kier molecular flexibility index (Phi) is 4.17. The van der Waals surface area contributed by atoms with Gasteiger partial charge in [-0.25, -0.2) is 4.79 Å². The van der Waals surface area contributed by atoms with Crippen LogP contribution in [0.25, 0.3) is 0 Å². The van der Waals surface area contributed by atoms with Crippen molar-refractivity contribution in [1.29, 1.82) is 0 Å². The number of carbonyl (C=O) groups excluding carboxylic acids is 3. The van der Waals surface area contributed by atoms with Crippen LogP contribution in [0.5, 0.6) is 5.75 Å². The van der Waals surface area contributed by atoms with Gasteiger partial charge in [-0.1, -0.05) is 6.07 Å². The van der Waals surface area contributed by atoms with Crippen LogP contribution in [0.4, 0.5) is 4.79 Å². The Morgan fingerprint density at radius 1 is 1.38 bits per heavy atom. The highest BCUT2D eigenvalue weighted by atomic mass is 16.5. The summed E-state index contributed by atoms with van der Waals surface area (Å²) in [7, 11) is 1.60. The van der Waals surface area contributed by atoms with Crippen molar-refractivity contribution in [2.75, 3.05) is 20.2 Å². The minimum Gasteiger partial charge on any atom is -0.497 e. The SMILES string of the molecule is COc1ccc(CC(=O)N2CCCC3(C2)NC(=O)NC3=O)c(C)c1. The molecule has 0 aromatic heterocycles. The molecule has 0 saturated carbocycles. The maximum absolute atomic E-state index is 12.7. The first kappa shape index (κ1) is 16.3. The van der Waals surface area contributed by atoms with Gasteiger partial charge in [0.05, 0.1) is 20.1 Å². The smallest absolute Gasteiger partial charge is 0.322 e. The molecule has 24 heavy (non-hydrogen) atoms. The molecule has 128 valence electrons. The lowest BCUT2D eigenvalue weighted by atomic mass is 9.89. The number of urea groups is 1. The number of methoxy groups -OCH3 is 1. The van der Waals surface area contributed by atoms with Gasteiger partial charge in [-0.2, -0.15) is 0 Å². The standard InChI is InChI=1S/C17H21N3O4/c1-11-8-13(24-2)5-4-12(11)9-14(21)20-7-3-6-17(10-20)15(22)18-16(23)19-17/h4-5,8H,3,6-7,9-10H2,1-2H3,(H2,18,19,22,23). The number of nitrogens with one attached hydrogen (secondary N) is 2. The summed E-state index contributed by atoms with van der Waals surface area (Å²) >= 11 is 0. The zero-order valence-corrected chi connectivity index (χ0v) is 13.8. The molecule has 2 heterocycles. The van der Waals surface area contributed by atoms with E-state index in [1.54, 1.807) is 12.0 Å². The number of imide groups is 1. The molecule has 1 unspecified atom stereocenters. The molecule has 3 rings (SSSR count). The van der Waals surface area contributed by atoms with E-state index in [4.69, 9.17) is 4.74 Å². The normalized spacial score (nSPS) is 23.2. The van der Waals surface area contributed by atoms with Gasteiger partial charge in [-0.3, -0.25) is 14.9 Å². The molecule has 1 atom stereocenters. The highest BCUT2D eigenvalue weighted by Gasteiger charge is 2.49. The minimum atomic E-state index is -0.972. The number of nitrogens with zero attached hydrogens (tertiary/aromatic N) is 1. The first-order valence-corrected chi connectivity index (χ1v) is 7.98. The predicted molar refractivity (Wildman–Crippen MR) is 86.7 cm³/mol. The average molecular weight is 331 g/mol. The Bertz CT molecular complexity index is 703. The van der Waals surface area contributed by atoms with Crippen molar-refractivity contribution in [2.24, 2.45) is 0 Å². The molecule has 2 fully saturated rings. The summed E-state index contributed by atoms with van der Waals surface area (Å²) in [4.78, 5) is 37.8. The van der Waals surface area contributed by atoms with Crippen molar-refractivity contribution in [3.05, 3.63) is 29.3 Å². The summed E-state index contributed by atoms with van der Waals surface area (Å²) in [6, 6.07) is 5.12. The predicted octanol–water partition coefficient (Wildman–Crippen LogP) is 0.747. The van der Waals surface area contributed by atoms with Crippen LogP contribution in [0.1, 0.15) is 24.0 Å². The maximum Gasteiger partial charge on any atom is 0.322 e. The summed E-state index contributed by atoms with van der Waals surface area (Å²) < 4.78 is 5.18. The van der Waals surface area contributed by atoms with Gasteiger partial charge in [0.2, 0.25) is 5.91 Å². The van der Waals surface area contributed by atoms with Gasteiger partial charge in [0.15, 0.2) is 0 Å². The fourth-order valence-corrected chi connectivity index (χ4v) is 3.35. The van der Waals surface area contributed by atoms with Crippen molar-refractivity contribution in [3.8, 4) is 5.75 Å². The Morgan fingerprint density at radius 2 is 2.17 bits per heavy atom. The molecule has 2 aliphatic heterocycles. The highest BCUT2D eigenvalue weighted by molar-refractivity contribution is 6.07. The molecule has 2 aliphatic rings. The molecule has 0 bridgehead atoms. The van der Waals surface area contributed by atoms with Crippen LogP contribution in [0.2, 0.25) is 0 Å². The lowest BCUT2D eigenvalue weighted by Crippen LogP contribution is -2.59.